The molecule has 9 nitrogen and oxygen atoms in total. The summed E-state index contributed by atoms with van der Waals surface area (Å²) in [5, 5.41) is 0. The van der Waals surface area contributed by atoms with E-state index in [0.717, 1.165) is 5.56 Å². The topological polar surface area (TPSA) is 94.1 Å². The van der Waals surface area contributed by atoms with Gasteiger partial charge in [-0.3, -0.25) is 14.6 Å². The Morgan fingerprint density at radius 3 is 2.42 bits per heavy atom. The molecule has 0 N–H and O–H groups in total. The Balaban J connectivity index is 1.35. The molecular formula is C34H32F2N4O5. The van der Waals surface area contributed by atoms with Crippen molar-refractivity contribution in [1.29, 1.82) is 0 Å². The normalized spacial score (nSPS) is 15.8. The van der Waals surface area contributed by atoms with Gasteiger partial charge in [0.1, 0.15) is 28.7 Å². The number of nitrogens with zero attached hydrogens (tertiary/aromatic N) is 4. The average molecular weight is 615 g/mol. The zero-order valence-corrected chi connectivity index (χ0v) is 25.4. The summed E-state index contributed by atoms with van der Waals surface area (Å²) in [6.45, 7) is 4.63. The highest BCUT2D eigenvalue weighted by Gasteiger charge is 2.38. The Labute approximate surface area is 259 Å². The Hall–Kier alpha value is -4.90. The molecule has 2 aliphatic heterocycles. The summed E-state index contributed by atoms with van der Waals surface area (Å²) in [4.78, 5) is 39.2. The highest BCUT2D eigenvalue weighted by Crippen LogP contribution is 2.35. The van der Waals surface area contributed by atoms with Crippen LogP contribution in [0.5, 0.6) is 11.5 Å². The fourth-order valence-corrected chi connectivity index (χ4v) is 5.77. The van der Waals surface area contributed by atoms with Gasteiger partial charge in [0.05, 0.1) is 68.3 Å². The van der Waals surface area contributed by atoms with Gasteiger partial charge in [-0.15, -0.1) is 0 Å². The van der Waals surface area contributed by atoms with Crippen LogP contribution in [0.3, 0.4) is 0 Å². The van der Waals surface area contributed by atoms with Crippen molar-refractivity contribution in [3.8, 4) is 22.8 Å². The summed E-state index contributed by atoms with van der Waals surface area (Å²) in [6.07, 6.45) is 1.81. The molecule has 4 heterocycles. The number of anilines is 1. The van der Waals surface area contributed by atoms with Crippen molar-refractivity contribution < 1.29 is 32.6 Å². The van der Waals surface area contributed by atoms with Crippen molar-refractivity contribution >= 4 is 17.5 Å². The number of amides is 2. The molecular weight excluding hydrogens is 582 g/mol. The molecule has 0 atom stereocenters. The number of benzene rings is 2. The first-order valence-electron chi connectivity index (χ1n) is 14.5. The Morgan fingerprint density at radius 2 is 1.73 bits per heavy atom. The van der Waals surface area contributed by atoms with Gasteiger partial charge in [-0.25, -0.2) is 13.8 Å². The van der Waals surface area contributed by atoms with Gasteiger partial charge in [0.15, 0.2) is 0 Å². The molecule has 11 heteroatoms. The van der Waals surface area contributed by atoms with Gasteiger partial charge in [0.2, 0.25) is 0 Å². The summed E-state index contributed by atoms with van der Waals surface area (Å²) in [7, 11) is 3.10. The number of hydrogen-bond donors (Lipinski definition) is 0. The van der Waals surface area contributed by atoms with Gasteiger partial charge >= 0.3 is 0 Å². The molecule has 0 aliphatic carbocycles. The Bertz CT molecular complexity index is 1770. The number of pyridine rings is 2. The molecule has 1 fully saturated rings. The standard InChI is InChI=1S/C34H32F2N4O5/c1-34(2)33(42)40(12-13-45-34)23-10-9-22(37-17-23)14-21-15-27(31-25(35)6-5-7-26(31)36)38-28-19-39(32(41)30(21)28)18-20-8-11-24(43-3)16-29(20)44-4/h5-11,15-17H,12-14,18-19H2,1-4H3. The van der Waals surface area contributed by atoms with Crippen molar-refractivity contribution in [3.63, 3.8) is 0 Å². The van der Waals surface area contributed by atoms with Crippen LogP contribution in [0.25, 0.3) is 11.3 Å². The zero-order chi connectivity index (χ0) is 31.9. The predicted octanol–water partition coefficient (Wildman–Crippen LogP) is 5.33. The van der Waals surface area contributed by atoms with Gasteiger partial charge in [-0.2, -0.15) is 0 Å². The maximum atomic E-state index is 14.9. The highest BCUT2D eigenvalue weighted by atomic mass is 19.1. The third kappa shape index (κ3) is 5.71. The third-order valence-corrected chi connectivity index (χ3v) is 8.12. The Morgan fingerprint density at radius 1 is 0.956 bits per heavy atom. The van der Waals surface area contributed by atoms with E-state index in [2.05, 4.69) is 9.97 Å². The van der Waals surface area contributed by atoms with Crippen LogP contribution in [0.2, 0.25) is 0 Å². The minimum absolute atomic E-state index is 0.0915. The minimum atomic E-state index is -0.936. The van der Waals surface area contributed by atoms with E-state index >= 15 is 0 Å². The molecule has 2 amide bonds. The van der Waals surface area contributed by atoms with Crippen LogP contribution in [-0.2, 0) is 29.0 Å². The van der Waals surface area contributed by atoms with E-state index in [4.69, 9.17) is 14.2 Å². The summed E-state index contributed by atoms with van der Waals surface area (Å²) in [5.41, 5.74) is 2.22. The summed E-state index contributed by atoms with van der Waals surface area (Å²) < 4.78 is 46.2. The number of methoxy groups -OCH3 is 2. The molecule has 2 aromatic carbocycles. The number of carbonyl (C=O) groups excluding carboxylic acids is 2. The second kappa shape index (κ2) is 11.9. The lowest BCUT2D eigenvalue weighted by molar-refractivity contribution is -0.144. The van der Waals surface area contributed by atoms with E-state index in [1.807, 2.05) is 6.07 Å². The van der Waals surface area contributed by atoms with Crippen LogP contribution in [0.1, 0.15) is 46.7 Å². The number of morpholine rings is 1. The van der Waals surface area contributed by atoms with E-state index in [9.17, 15) is 18.4 Å². The number of aromatic nitrogens is 2. The van der Waals surface area contributed by atoms with Crippen molar-refractivity contribution in [2.45, 2.75) is 39.0 Å². The van der Waals surface area contributed by atoms with E-state index in [0.29, 0.717) is 52.9 Å². The Kier molecular flexibility index (Phi) is 7.96. The van der Waals surface area contributed by atoms with Gasteiger partial charge in [0, 0.05) is 30.3 Å². The van der Waals surface area contributed by atoms with E-state index in [1.54, 1.807) is 74.4 Å². The number of hydrogen-bond acceptors (Lipinski definition) is 7. The molecule has 0 bridgehead atoms. The number of carbonyl (C=O) groups is 2. The van der Waals surface area contributed by atoms with Crippen LogP contribution < -0.4 is 14.4 Å². The monoisotopic (exact) mass is 614 g/mol. The van der Waals surface area contributed by atoms with Crippen LogP contribution >= 0.6 is 0 Å². The first-order chi connectivity index (χ1) is 21.6. The fraction of sp³-hybridized carbons (Fsp3) is 0.294. The van der Waals surface area contributed by atoms with Gasteiger partial charge < -0.3 is 24.0 Å². The lowest BCUT2D eigenvalue weighted by Crippen LogP contribution is -2.53. The number of rotatable bonds is 8. The minimum Gasteiger partial charge on any atom is -0.497 e. The number of fused-ring (bicyclic) bond motifs is 1. The largest absolute Gasteiger partial charge is 0.497 e. The van der Waals surface area contributed by atoms with E-state index in [-0.39, 0.29) is 42.6 Å². The molecule has 0 radical (unpaired) electrons. The number of ether oxygens (including phenoxy) is 3. The van der Waals surface area contributed by atoms with Gasteiger partial charge in [-0.1, -0.05) is 6.07 Å². The summed E-state index contributed by atoms with van der Waals surface area (Å²) in [5.74, 6) is -0.745. The molecule has 0 saturated carbocycles. The van der Waals surface area contributed by atoms with Crippen LogP contribution in [0, 0.1) is 11.6 Å². The van der Waals surface area contributed by atoms with Gasteiger partial charge in [0.25, 0.3) is 11.8 Å². The second-order valence-electron chi connectivity index (χ2n) is 11.4. The lowest BCUT2D eigenvalue weighted by Gasteiger charge is -2.37. The van der Waals surface area contributed by atoms with Gasteiger partial charge in [-0.05, 0) is 61.9 Å². The van der Waals surface area contributed by atoms with Crippen molar-refractivity contribution in [2.75, 3.05) is 32.3 Å². The molecule has 2 aliphatic rings. The smallest absolute Gasteiger partial charge is 0.258 e. The summed E-state index contributed by atoms with van der Waals surface area (Å²) >= 11 is 0. The first kappa shape index (κ1) is 30.1. The van der Waals surface area contributed by atoms with Crippen LogP contribution in [-0.4, -0.2) is 59.7 Å². The molecule has 232 valence electrons. The quantitative estimate of drug-likeness (QED) is 0.265. The first-order valence-corrected chi connectivity index (χ1v) is 14.5. The highest BCUT2D eigenvalue weighted by molar-refractivity contribution is 6.00. The summed E-state index contributed by atoms with van der Waals surface area (Å²) in [6, 6.07) is 14.1. The SMILES string of the molecule is COc1ccc(CN2Cc3nc(-c4c(F)cccc4F)cc(Cc4ccc(N5CCOC(C)(C)C5=O)cn4)c3C2=O)c(OC)c1. The molecule has 4 aromatic rings. The zero-order valence-electron chi connectivity index (χ0n) is 25.4. The fourth-order valence-electron chi connectivity index (χ4n) is 5.77. The maximum Gasteiger partial charge on any atom is 0.258 e. The average Bonchev–Trinajstić information content (AvgIpc) is 3.33. The van der Waals surface area contributed by atoms with Crippen LogP contribution in [0.4, 0.5) is 14.5 Å². The maximum absolute atomic E-state index is 14.9. The van der Waals surface area contributed by atoms with E-state index < -0.39 is 17.2 Å². The molecule has 1 saturated heterocycles. The molecule has 45 heavy (non-hydrogen) atoms. The number of halogens is 2. The third-order valence-electron chi connectivity index (χ3n) is 8.12. The molecule has 2 aromatic heterocycles. The molecule has 6 rings (SSSR count). The molecule has 0 unspecified atom stereocenters. The van der Waals surface area contributed by atoms with Crippen molar-refractivity contribution in [3.05, 3.63) is 101 Å². The predicted molar refractivity (Wildman–Crippen MR) is 162 cm³/mol. The van der Waals surface area contributed by atoms with Crippen molar-refractivity contribution in [1.82, 2.24) is 14.9 Å². The van der Waals surface area contributed by atoms with E-state index in [1.165, 1.54) is 18.2 Å². The molecule has 0 spiro atoms. The van der Waals surface area contributed by atoms with Crippen molar-refractivity contribution in [2.24, 2.45) is 0 Å². The lowest BCUT2D eigenvalue weighted by atomic mass is 9.98. The van der Waals surface area contributed by atoms with Crippen LogP contribution in [0.15, 0.2) is 60.8 Å². The second-order valence-corrected chi connectivity index (χ2v) is 11.4.